The molecule has 0 spiro atoms. The second kappa shape index (κ2) is 7.06. The smallest absolute Gasteiger partial charge is 0.336 e. The van der Waals surface area contributed by atoms with Crippen LogP contribution >= 0.6 is 0 Å². The summed E-state index contributed by atoms with van der Waals surface area (Å²) < 4.78 is 0. The summed E-state index contributed by atoms with van der Waals surface area (Å²) in [6.45, 7) is 6.14. The van der Waals surface area contributed by atoms with Gasteiger partial charge in [0.05, 0.1) is 16.8 Å². The zero-order valence-electron chi connectivity index (χ0n) is 15.0. The molecule has 3 heteroatoms. The van der Waals surface area contributed by atoms with Crippen LogP contribution in [0.2, 0.25) is 0 Å². The lowest BCUT2D eigenvalue weighted by Crippen LogP contribution is -2.01. The Kier molecular flexibility index (Phi) is 4.84. The van der Waals surface area contributed by atoms with Crippen LogP contribution in [0.4, 0.5) is 0 Å². The van der Waals surface area contributed by atoms with E-state index in [0.717, 1.165) is 28.6 Å². The summed E-state index contributed by atoms with van der Waals surface area (Å²) in [5.74, 6) is -0.918. The molecule has 0 radical (unpaired) electrons. The number of carboxylic acids is 1. The molecule has 1 heterocycles. The molecule has 2 aromatic carbocycles. The highest BCUT2D eigenvalue weighted by atomic mass is 16.4. The number of carboxylic acid groups (broad SMARTS) is 1. The second-order valence-electron chi connectivity index (χ2n) is 6.64. The third-order valence-electron chi connectivity index (χ3n) is 4.55. The summed E-state index contributed by atoms with van der Waals surface area (Å²) in [6, 6.07) is 13.9. The van der Waals surface area contributed by atoms with Crippen LogP contribution in [0, 0.1) is 13.8 Å². The molecule has 0 aliphatic rings. The lowest BCUT2D eigenvalue weighted by molar-refractivity contribution is 0.0699. The number of benzene rings is 2. The first-order valence-corrected chi connectivity index (χ1v) is 8.74. The molecular formula is C22H23NO2. The zero-order chi connectivity index (χ0) is 18.0. The number of pyridine rings is 1. The van der Waals surface area contributed by atoms with Gasteiger partial charge in [-0.1, -0.05) is 49.2 Å². The summed E-state index contributed by atoms with van der Waals surface area (Å²) in [5.41, 5.74) is 6.07. The molecule has 128 valence electrons. The minimum atomic E-state index is -0.918. The molecule has 0 unspecified atom stereocenters. The van der Waals surface area contributed by atoms with Crippen molar-refractivity contribution in [2.24, 2.45) is 0 Å². The van der Waals surface area contributed by atoms with E-state index in [4.69, 9.17) is 4.98 Å². The average molecular weight is 333 g/mol. The SMILES string of the molecule is CCCCc1ccc(-c2cc(C(=O)O)c3cc(C)cc(C)c3n2)cc1. The van der Waals surface area contributed by atoms with Crippen molar-refractivity contribution in [1.29, 1.82) is 0 Å². The second-order valence-corrected chi connectivity index (χ2v) is 6.64. The summed E-state index contributed by atoms with van der Waals surface area (Å²) in [4.78, 5) is 16.5. The number of hydrogen-bond donors (Lipinski definition) is 1. The molecule has 3 nitrogen and oxygen atoms in total. The van der Waals surface area contributed by atoms with Crippen LogP contribution in [0.1, 0.15) is 46.8 Å². The number of unbranched alkanes of at least 4 members (excludes halogenated alkanes) is 1. The van der Waals surface area contributed by atoms with Gasteiger partial charge in [-0.05, 0) is 49.9 Å². The minimum Gasteiger partial charge on any atom is -0.478 e. The monoisotopic (exact) mass is 333 g/mol. The van der Waals surface area contributed by atoms with E-state index in [9.17, 15) is 9.90 Å². The van der Waals surface area contributed by atoms with E-state index in [1.54, 1.807) is 6.07 Å². The first kappa shape index (κ1) is 17.2. The predicted octanol–water partition coefficient (Wildman–Crippen LogP) is 5.56. The molecule has 1 aromatic heterocycles. The molecule has 0 atom stereocenters. The van der Waals surface area contributed by atoms with Crippen LogP contribution in [0.15, 0.2) is 42.5 Å². The number of aromatic carboxylic acids is 1. The van der Waals surface area contributed by atoms with E-state index < -0.39 is 5.97 Å². The number of aryl methyl sites for hydroxylation is 3. The fourth-order valence-electron chi connectivity index (χ4n) is 3.23. The Morgan fingerprint density at radius 2 is 1.80 bits per heavy atom. The number of fused-ring (bicyclic) bond motifs is 1. The Morgan fingerprint density at radius 3 is 2.44 bits per heavy atom. The van der Waals surface area contributed by atoms with E-state index in [-0.39, 0.29) is 0 Å². The van der Waals surface area contributed by atoms with Crippen molar-refractivity contribution in [3.63, 3.8) is 0 Å². The van der Waals surface area contributed by atoms with E-state index in [2.05, 4.69) is 19.1 Å². The van der Waals surface area contributed by atoms with Gasteiger partial charge in [0.1, 0.15) is 0 Å². The topological polar surface area (TPSA) is 50.2 Å². The Labute approximate surface area is 148 Å². The van der Waals surface area contributed by atoms with Gasteiger partial charge in [-0.15, -0.1) is 0 Å². The van der Waals surface area contributed by atoms with Crippen molar-refractivity contribution in [1.82, 2.24) is 4.98 Å². The molecule has 0 aliphatic heterocycles. The molecule has 0 bridgehead atoms. The van der Waals surface area contributed by atoms with Gasteiger partial charge in [-0.25, -0.2) is 9.78 Å². The van der Waals surface area contributed by atoms with E-state index in [1.165, 1.54) is 18.4 Å². The largest absolute Gasteiger partial charge is 0.478 e. The molecule has 3 rings (SSSR count). The van der Waals surface area contributed by atoms with Crippen LogP contribution in [0.5, 0.6) is 0 Å². The van der Waals surface area contributed by atoms with Crippen molar-refractivity contribution in [3.8, 4) is 11.3 Å². The molecular weight excluding hydrogens is 310 g/mol. The number of rotatable bonds is 5. The molecule has 25 heavy (non-hydrogen) atoms. The van der Waals surface area contributed by atoms with Gasteiger partial charge in [0.25, 0.3) is 0 Å². The van der Waals surface area contributed by atoms with Crippen LogP contribution in [-0.2, 0) is 6.42 Å². The van der Waals surface area contributed by atoms with Gasteiger partial charge in [0.15, 0.2) is 0 Å². The molecule has 0 saturated heterocycles. The third-order valence-corrected chi connectivity index (χ3v) is 4.55. The predicted molar refractivity (Wildman–Crippen MR) is 102 cm³/mol. The Morgan fingerprint density at radius 1 is 1.08 bits per heavy atom. The molecule has 0 aliphatic carbocycles. The highest BCUT2D eigenvalue weighted by Gasteiger charge is 2.14. The zero-order valence-corrected chi connectivity index (χ0v) is 15.0. The number of hydrogen-bond acceptors (Lipinski definition) is 2. The maximum absolute atomic E-state index is 11.8. The normalized spacial score (nSPS) is 11.0. The van der Waals surface area contributed by atoms with Gasteiger partial charge in [-0.3, -0.25) is 0 Å². The van der Waals surface area contributed by atoms with E-state index in [0.29, 0.717) is 16.6 Å². The van der Waals surface area contributed by atoms with Crippen molar-refractivity contribution >= 4 is 16.9 Å². The molecule has 0 amide bonds. The van der Waals surface area contributed by atoms with Crippen LogP contribution in [0.25, 0.3) is 22.2 Å². The lowest BCUT2D eigenvalue weighted by atomic mass is 9.99. The number of nitrogens with zero attached hydrogens (tertiary/aromatic N) is 1. The summed E-state index contributed by atoms with van der Waals surface area (Å²) in [6.07, 6.45) is 3.42. The maximum atomic E-state index is 11.8. The summed E-state index contributed by atoms with van der Waals surface area (Å²) in [5, 5.41) is 10.4. The van der Waals surface area contributed by atoms with Crippen molar-refractivity contribution in [2.45, 2.75) is 40.0 Å². The molecule has 1 N–H and O–H groups in total. The Hall–Kier alpha value is -2.68. The van der Waals surface area contributed by atoms with E-state index >= 15 is 0 Å². The molecule has 0 saturated carbocycles. The lowest BCUT2D eigenvalue weighted by Gasteiger charge is -2.11. The van der Waals surface area contributed by atoms with Crippen molar-refractivity contribution in [3.05, 3.63) is 64.7 Å². The first-order valence-electron chi connectivity index (χ1n) is 8.74. The summed E-state index contributed by atoms with van der Waals surface area (Å²) >= 11 is 0. The fraction of sp³-hybridized carbons (Fsp3) is 0.273. The number of carbonyl (C=O) groups is 1. The number of aromatic nitrogens is 1. The van der Waals surface area contributed by atoms with Crippen molar-refractivity contribution in [2.75, 3.05) is 0 Å². The Balaban J connectivity index is 2.12. The molecule has 0 fully saturated rings. The van der Waals surface area contributed by atoms with Gasteiger partial charge in [0, 0.05) is 10.9 Å². The van der Waals surface area contributed by atoms with Crippen LogP contribution in [-0.4, -0.2) is 16.1 Å². The van der Waals surface area contributed by atoms with Crippen molar-refractivity contribution < 1.29 is 9.90 Å². The third kappa shape index (κ3) is 3.55. The average Bonchev–Trinajstić information content (AvgIpc) is 2.59. The van der Waals surface area contributed by atoms with Gasteiger partial charge < -0.3 is 5.11 Å². The standard InChI is InChI=1S/C22H23NO2/c1-4-5-6-16-7-9-17(10-8-16)20-13-19(22(24)25)18-12-14(2)11-15(3)21(18)23-20/h7-13H,4-6H2,1-3H3,(H,24,25). The van der Waals surface area contributed by atoms with Crippen LogP contribution < -0.4 is 0 Å². The fourth-order valence-corrected chi connectivity index (χ4v) is 3.23. The summed E-state index contributed by atoms with van der Waals surface area (Å²) in [7, 11) is 0. The minimum absolute atomic E-state index is 0.307. The highest BCUT2D eigenvalue weighted by Crippen LogP contribution is 2.28. The Bertz CT molecular complexity index is 927. The van der Waals surface area contributed by atoms with Gasteiger partial charge >= 0.3 is 5.97 Å². The highest BCUT2D eigenvalue weighted by molar-refractivity contribution is 6.04. The van der Waals surface area contributed by atoms with E-state index in [1.807, 2.05) is 38.1 Å². The van der Waals surface area contributed by atoms with Gasteiger partial charge in [-0.2, -0.15) is 0 Å². The van der Waals surface area contributed by atoms with Crippen LogP contribution in [0.3, 0.4) is 0 Å². The first-order chi connectivity index (χ1) is 12.0. The van der Waals surface area contributed by atoms with Gasteiger partial charge in [0.2, 0.25) is 0 Å². The maximum Gasteiger partial charge on any atom is 0.336 e. The quantitative estimate of drug-likeness (QED) is 0.665. The molecule has 3 aromatic rings.